The molecule has 2 aromatic heterocycles. The number of hydrogen-bond acceptors (Lipinski definition) is 5. The maximum absolute atomic E-state index is 4.57. The number of hydrogen-bond donors (Lipinski definition) is 0. The Bertz CT molecular complexity index is 726. The molecule has 0 bridgehead atoms. The summed E-state index contributed by atoms with van der Waals surface area (Å²) in [5.41, 5.74) is 2.37. The lowest BCUT2D eigenvalue weighted by atomic mass is 9.95. The molecule has 0 saturated carbocycles. The molecule has 2 aromatic rings. The topological polar surface area (TPSA) is 50.1 Å². The molecule has 140 valence electrons. The van der Waals surface area contributed by atoms with E-state index in [1.54, 1.807) is 0 Å². The molecule has 2 saturated heterocycles. The van der Waals surface area contributed by atoms with Crippen LogP contribution in [0, 0.1) is 6.92 Å². The van der Waals surface area contributed by atoms with E-state index in [2.05, 4.69) is 55.7 Å². The highest BCUT2D eigenvalue weighted by molar-refractivity contribution is 5.46. The first-order valence-corrected chi connectivity index (χ1v) is 9.99. The Morgan fingerprint density at radius 3 is 2.54 bits per heavy atom. The second-order valence-corrected chi connectivity index (χ2v) is 7.79. The molecule has 0 radical (unpaired) electrons. The SMILES string of the molecule is Cc1cc(N2CCC(c3nnc(CN4CCCCC4)n3C)CC2)ccn1. The van der Waals surface area contributed by atoms with Crippen molar-refractivity contribution in [2.45, 2.75) is 51.5 Å². The van der Waals surface area contributed by atoms with Crippen LogP contribution in [0.2, 0.25) is 0 Å². The normalized spacial score (nSPS) is 19.8. The number of rotatable bonds is 4. The van der Waals surface area contributed by atoms with Crippen molar-refractivity contribution in [1.29, 1.82) is 0 Å². The van der Waals surface area contributed by atoms with Crippen molar-refractivity contribution >= 4 is 5.69 Å². The van der Waals surface area contributed by atoms with Gasteiger partial charge in [-0.25, -0.2) is 0 Å². The number of pyridine rings is 1. The first-order valence-electron chi connectivity index (χ1n) is 9.99. The molecule has 0 unspecified atom stereocenters. The molecule has 2 fully saturated rings. The average molecular weight is 355 g/mol. The molecule has 2 aliphatic rings. The summed E-state index contributed by atoms with van der Waals surface area (Å²) in [6.07, 6.45) is 8.19. The van der Waals surface area contributed by atoms with Crippen LogP contribution >= 0.6 is 0 Å². The minimum atomic E-state index is 0.516. The Kier molecular flexibility index (Phi) is 5.20. The van der Waals surface area contributed by atoms with E-state index in [1.165, 1.54) is 43.9 Å². The van der Waals surface area contributed by atoms with Gasteiger partial charge in [-0.05, 0) is 57.8 Å². The fraction of sp³-hybridized carbons (Fsp3) is 0.650. The molecule has 6 nitrogen and oxygen atoms in total. The third-order valence-electron chi connectivity index (χ3n) is 5.92. The maximum Gasteiger partial charge on any atom is 0.146 e. The minimum absolute atomic E-state index is 0.516. The summed E-state index contributed by atoms with van der Waals surface area (Å²) >= 11 is 0. The number of aromatic nitrogens is 4. The highest BCUT2D eigenvalue weighted by atomic mass is 15.3. The van der Waals surface area contributed by atoms with Crippen LogP contribution in [0.3, 0.4) is 0 Å². The van der Waals surface area contributed by atoms with Crippen molar-refractivity contribution in [3.63, 3.8) is 0 Å². The summed E-state index contributed by atoms with van der Waals surface area (Å²) in [4.78, 5) is 9.30. The molecule has 4 rings (SSSR count). The van der Waals surface area contributed by atoms with E-state index in [-0.39, 0.29) is 0 Å². The average Bonchev–Trinajstić information content (AvgIpc) is 3.03. The van der Waals surface area contributed by atoms with E-state index in [1.807, 2.05) is 6.20 Å². The molecule has 0 spiro atoms. The lowest BCUT2D eigenvalue weighted by Gasteiger charge is -2.33. The summed E-state index contributed by atoms with van der Waals surface area (Å²) in [5, 5.41) is 9.10. The highest BCUT2D eigenvalue weighted by Gasteiger charge is 2.26. The molecule has 6 heteroatoms. The van der Waals surface area contributed by atoms with Crippen molar-refractivity contribution in [3.8, 4) is 0 Å². The molecule has 0 aliphatic carbocycles. The van der Waals surface area contributed by atoms with Gasteiger partial charge in [-0.3, -0.25) is 9.88 Å². The van der Waals surface area contributed by atoms with Crippen LogP contribution in [0.4, 0.5) is 5.69 Å². The van der Waals surface area contributed by atoms with Crippen LogP contribution < -0.4 is 4.90 Å². The summed E-state index contributed by atoms with van der Waals surface area (Å²) in [5.74, 6) is 2.80. The number of piperidine rings is 2. The van der Waals surface area contributed by atoms with Crippen LogP contribution in [-0.4, -0.2) is 50.8 Å². The first-order chi connectivity index (χ1) is 12.7. The summed E-state index contributed by atoms with van der Waals surface area (Å²) in [7, 11) is 2.15. The summed E-state index contributed by atoms with van der Waals surface area (Å²) < 4.78 is 2.26. The fourth-order valence-corrected chi connectivity index (χ4v) is 4.31. The maximum atomic E-state index is 4.57. The van der Waals surface area contributed by atoms with Gasteiger partial charge in [-0.1, -0.05) is 6.42 Å². The Morgan fingerprint density at radius 2 is 1.81 bits per heavy atom. The van der Waals surface area contributed by atoms with Gasteiger partial charge in [0.1, 0.15) is 11.6 Å². The largest absolute Gasteiger partial charge is 0.371 e. The van der Waals surface area contributed by atoms with Crippen LogP contribution in [0.15, 0.2) is 18.3 Å². The summed E-state index contributed by atoms with van der Waals surface area (Å²) in [6, 6.07) is 4.30. The van der Waals surface area contributed by atoms with Gasteiger partial charge in [0.2, 0.25) is 0 Å². The zero-order valence-electron chi connectivity index (χ0n) is 16.1. The van der Waals surface area contributed by atoms with Crippen molar-refractivity contribution in [1.82, 2.24) is 24.6 Å². The van der Waals surface area contributed by atoms with Crippen LogP contribution in [0.5, 0.6) is 0 Å². The molecule has 0 amide bonds. The Labute approximate surface area is 156 Å². The van der Waals surface area contributed by atoms with E-state index in [0.717, 1.165) is 44.0 Å². The number of anilines is 1. The molecule has 26 heavy (non-hydrogen) atoms. The van der Waals surface area contributed by atoms with Gasteiger partial charge in [0.05, 0.1) is 6.54 Å². The number of nitrogens with zero attached hydrogens (tertiary/aromatic N) is 6. The molecule has 4 heterocycles. The summed E-state index contributed by atoms with van der Waals surface area (Å²) in [6.45, 7) is 7.54. The zero-order valence-corrected chi connectivity index (χ0v) is 16.1. The fourth-order valence-electron chi connectivity index (χ4n) is 4.31. The molecular formula is C20H30N6. The quantitative estimate of drug-likeness (QED) is 0.845. The van der Waals surface area contributed by atoms with Gasteiger partial charge >= 0.3 is 0 Å². The van der Waals surface area contributed by atoms with Crippen LogP contribution in [0.25, 0.3) is 0 Å². The zero-order chi connectivity index (χ0) is 17.9. The molecule has 2 aliphatic heterocycles. The second-order valence-electron chi connectivity index (χ2n) is 7.79. The standard InChI is InChI=1S/C20H30N6/c1-16-14-18(6-9-21-16)26-12-7-17(8-13-26)20-23-22-19(24(20)2)15-25-10-4-3-5-11-25/h6,9,14,17H,3-5,7-8,10-13,15H2,1-2H3. The van der Waals surface area contributed by atoms with E-state index >= 15 is 0 Å². The van der Waals surface area contributed by atoms with Crippen molar-refractivity contribution < 1.29 is 0 Å². The lowest BCUT2D eigenvalue weighted by molar-refractivity contribution is 0.213. The monoisotopic (exact) mass is 354 g/mol. The van der Waals surface area contributed by atoms with E-state index in [0.29, 0.717) is 5.92 Å². The Hall–Kier alpha value is -1.95. The predicted molar refractivity (Wildman–Crippen MR) is 103 cm³/mol. The molecule has 0 N–H and O–H groups in total. The second kappa shape index (κ2) is 7.74. The third-order valence-corrected chi connectivity index (χ3v) is 5.92. The molecular weight excluding hydrogens is 324 g/mol. The van der Waals surface area contributed by atoms with E-state index < -0.39 is 0 Å². The smallest absolute Gasteiger partial charge is 0.146 e. The van der Waals surface area contributed by atoms with Gasteiger partial charge in [0.25, 0.3) is 0 Å². The van der Waals surface area contributed by atoms with E-state index in [9.17, 15) is 0 Å². The van der Waals surface area contributed by atoms with Crippen molar-refractivity contribution in [2.24, 2.45) is 7.05 Å². The predicted octanol–water partition coefficient (Wildman–Crippen LogP) is 2.89. The lowest BCUT2D eigenvalue weighted by Crippen LogP contribution is -2.34. The Morgan fingerprint density at radius 1 is 1.04 bits per heavy atom. The molecule has 0 aromatic carbocycles. The van der Waals surface area contributed by atoms with Crippen molar-refractivity contribution in [3.05, 3.63) is 35.7 Å². The van der Waals surface area contributed by atoms with Crippen LogP contribution in [0.1, 0.15) is 55.4 Å². The van der Waals surface area contributed by atoms with Crippen LogP contribution in [-0.2, 0) is 13.6 Å². The van der Waals surface area contributed by atoms with Gasteiger partial charge < -0.3 is 9.47 Å². The highest BCUT2D eigenvalue weighted by Crippen LogP contribution is 2.29. The first kappa shape index (κ1) is 17.5. The minimum Gasteiger partial charge on any atom is -0.371 e. The third kappa shape index (κ3) is 3.75. The van der Waals surface area contributed by atoms with Gasteiger partial charge in [0, 0.05) is 43.6 Å². The van der Waals surface area contributed by atoms with Gasteiger partial charge in [0.15, 0.2) is 0 Å². The van der Waals surface area contributed by atoms with Gasteiger partial charge in [-0.2, -0.15) is 0 Å². The van der Waals surface area contributed by atoms with Crippen molar-refractivity contribution in [2.75, 3.05) is 31.1 Å². The van der Waals surface area contributed by atoms with Gasteiger partial charge in [-0.15, -0.1) is 10.2 Å². The van der Waals surface area contributed by atoms with E-state index in [4.69, 9.17) is 0 Å². The number of aryl methyl sites for hydroxylation is 1. The Balaban J connectivity index is 1.38. The molecule has 0 atom stereocenters. The number of likely N-dealkylation sites (tertiary alicyclic amines) is 1.